The maximum atomic E-state index is 12.3. The lowest BCUT2D eigenvalue weighted by Crippen LogP contribution is -2.25. The molecule has 0 saturated carbocycles. The van der Waals surface area contributed by atoms with Gasteiger partial charge in [-0.15, -0.1) is 0 Å². The van der Waals surface area contributed by atoms with Crippen LogP contribution in [0, 0.1) is 0 Å². The maximum absolute atomic E-state index is 12.3. The van der Waals surface area contributed by atoms with E-state index in [1.54, 1.807) is 22.8 Å². The summed E-state index contributed by atoms with van der Waals surface area (Å²) < 4.78 is 7.81. The highest BCUT2D eigenvalue weighted by atomic mass is 79.9. The first-order valence-corrected chi connectivity index (χ1v) is 9.49. The third-order valence-electron chi connectivity index (χ3n) is 3.43. The topological polar surface area (TPSA) is 48.3 Å². The number of methoxy groups -OCH3 is 1. The van der Waals surface area contributed by atoms with Crippen molar-refractivity contribution in [2.45, 2.75) is 18.3 Å². The lowest BCUT2D eigenvalue weighted by molar-refractivity contribution is 0.0600. The molecule has 1 aromatic carbocycles. The zero-order valence-electron chi connectivity index (χ0n) is 12.3. The smallest absolute Gasteiger partial charge is 0.337 e. The summed E-state index contributed by atoms with van der Waals surface area (Å²) in [5.74, 6) is -0.356. The highest BCUT2D eigenvalue weighted by Crippen LogP contribution is 2.21. The second kappa shape index (κ2) is 8.26. The van der Waals surface area contributed by atoms with Gasteiger partial charge in [0.25, 0.3) is 5.56 Å². The van der Waals surface area contributed by atoms with Crippen molar-refractivity contribution >= 4 is 53.8 Å². The molecule has 7 heteroatoms. The van der Waals surface area contributed by atoms with Crippen molar-refractivity contribution in [2.24, 2.45) is 0 Å². The van der Waals surface area contributed by atoms with E-state index in [9.17, 15) is 9.59 Å². The fourth-order valence-corrected chi connectivity index (χ4v) is 4.49. The van der Waals surface area contributed by atoms with E-state index < -0.39 is 0 Å². The second-order valence-electron chi connectivity index (χ2n) is 4.82. The van der Waals surface area contributed by atoms with E-state index in [0.29, 0.717) is 28.3 Å². The van der Waals surface area contributed by atoms with Crippen LogP contribution in [0.3, 0.4) is 0 Å². The van der Waals surface area contributed by atoms with E-state index >= 15 is 0 Å². The molecule has 2 aromatic rings. The molecule has 0 aliphatic rings. The van der Waals surface area contributed by atoms with Gasteiger partial charge in [-0.05, 0) is 62.0 Å². The van der Waals surface area contributed by atoms with E-state index in [1.807, 2.05) is 12.1 Å². The molecule has 1 heterocycles. The van der Waals surface area contributed by atoms with Gasteiger partial charge in [0.2, 0.25) is 0 Å². The van der Waals surface area contributed by atoms with Gasteiger partial charge in [0.15, 0.2) is 0 Å². The minimum Gasteiger partial charge on any atom is -0.465 e. The van der Waals surface area contributed by atoms with Gasteiger partial charge >= 0.3 is 5.97 Å². The molecule has 0 N–H and O–H groups in total. The van der Waals surface area contributed by atoms with Crippen molar-refractivity contribution in [3.05, 3.63) is 66.5 Å². The number of hydrogen-bond acceptors (Lipinski definition) is 3. The zero-order chi connectivity index (χ0) is 17.0. The highest BCUT2D eigenvalue weighted by Gasteiger charge is 2.11. The van der Waals surface area contributed by atoms with E-state index in [1.165, 1.54) is 7.11 Å². The van der Waals surface area contributed by atoms with Gasteiger partial charge in [-0.25, -0.2) is 4.79 Å². The largest absolute Gasteiger partial charge is 0.465 e. The lowest BCUT2D eigenvalue weighted by Gasteiger charge is -2.14. The molecular formula is C16H14Br3NO3. The van der Waals surface area contributed by atoms with Crippen LogP contribution in [0.4, 0.5) is 0 Å². The van der Waals surface area contributed by atoms with Crippen molar-refractivity contribution in [1.82, 2.24) is 4.57 Å². The van der Waals surface area contributed by atoms with Crippen molar-refractivity contribution in [1.29, 1.82) is 0 Å². The number of halogens is 3. The normalized spacial score (nSPS) is 10.6. The average Bonchev–Trinajstić information content (AvgIpc) is 2.56. The maximum Gasteiger partial charge on any atom is 0.337 e. The van der Waals surface area contributed by atoms with E-state index in [2.05, 4.69) is 52.5 Å². The summed E-state index contributed by atoms with van der Waals surface area (Å²) in [5, 5.41) is 0.581. The minimum absolute atomic E-state index is 0.0613. The first kappa shape index (κ1) is 18.4. The Morgan fingerprint density at radius 1 is 1.17 bits per heavy atom. The van der Waals surface area contributed by atoms with Gasteiger partial charge in [-0.2, -0.15) is 0 Å². The van der Waals surface area contributed by atoms with Crippen LogP contribution in [0.15, 0.2) is 44.1 Å². The lowest BCUT2D eigenvalue weighted by atomic mass is 10.1. The van der Waals surface area contributed by atoms with Crippen molar-refractivity contribution in [2.75, 3.05) is 7.11 Å². The predicted molar refractivity (Wildman–Crippen MR) is 100 cm³/mol. The number of rotatable bonds is 5. The van der Waals surface area contributed by atoms with Crippen LogP contribution >= 0.6 is 47.8 Å². The Hall–Kier alpha value is -0.920. The summed E-state index contributed by atoms with van der Waals surface area (Å²) >= 11 is 10.2. The van der Waals surface area contributed by atoms with Crippen molar-refractivity contribution in [3.63, 3.8) is 0 Å². The SMILES string of the molecule is COC(=O)c1ccc(CCn2c(CBr)c(Br)cc(Br)c2=O)cc1. The third-order valence-corrected chi connectivity index (χ3v) is 5.22. The number of esters is 1. The number of carbonyl (C=O) groups excluding carboxylic acids is 1. The number of carbonyl (C=O) groups is 1. The molecule has 0 fully saturated rings. The van der Waals surface area contributed by atoms with Crippen LogP contribution in [0.5, 0.6) is 0 Å². The molecule has 122 valence electrons. The van der Waals surface area contributed by atoms with E-state index in [-0.39, 0.29) is 11.5 Å². The summed E-state index contributed by atoms with van der Waals surface area (Å²) in [6.07, 6.45) is 0.685. The number of aryl methyl sites for hydroxylation is 1. The molecule has 0 unspecified atom stereocenters. The van der Waals surface area contributed by atoms with E-state index in [0.717, 1.165) is 15.7 Å². The molecular weight excluding hydrogens is 494 g/mol. The van der Waals surface area contributed by atoms with Crippen molar-refractivity contribution < 1.29 is 9.53 Å². The Morgan fingerprint density at radius 3 is 2.39 bits per heavy atom. The number of aromatic nitrogens is 1. The van der Waals surface area contributed by atoms with Crippen LogP contribution in [0.1, 0.15) is 21.6 Å². The molecule has 0 atom stereocenters. The van der Waals surface area contributed by atoms with Gasteiger partial charge in [-0.1, -0.05) is 28.1 Å². The predicted octanol–water partition coefficient (Wildman–Crippen LogP) is 4.30. The number of ether oxygens (including phenoxy) is 1. The number of pyridine rings is 1. The van der Waals surface area contributed by atoms with Crippen LogP contribution in [0.25, 0.3) is 0 Å². The Labute approximate surface area is 159 Å². The van der Waals surface area contributed by atoms with Gasteiger partial charge in [0.1, 0.15) is 0 Å². The minimum atomic E-state index is -0.356. The number of nitrogens with zero attached hydrogens (tertiary/aromatic N) is 1. The number of alkyl halides is 1. The Bertz CT molecular complexity index is 769. The second-order valence-corrected chi connectivity index (χ2v) is 7.09. The first-order chi connectivity index (χ1) is 11.0. The molecule has 0 amide bonds. The summed E-state index contributed by atoms with van der Waals surface area (Å²) in [6.45, 7) is 0.551. The molecule has 0 radical (unpaired) electrons. The highest BCUT2D eigenvalue weighted by molar-refractivity contribution is 9.11. The molecule has 0 aliphatic carbocycles. The Balaban J connectivity index is 2.21. The molecule has 0 saturated heterocycles. The molecule has 1 aromatic heterocycles. The third kappa shape index (κ3) is 4.33. The van der Waals surface area contributed by atoms with Crippen LogP contribution in [0.2, 0.25) is 0 Å². The quantitative estimate of drug-likeness (QED) is 0.448. The van der Waals surface area contributed by atoms with Crippen LogP contribution in [-0.4, -0.2) is 17.6 Å². The number of hydrogen-bond donors (Lipinski definition) is 0. The Morgan fingerprint density at radius 2 is 1.83 bits per heavy atom. The summed E-state index contributed by atoms with van der Waals surface area (Å²) in [4.78, 5) is 23.7. The summed E-state index contributed by atoms with van der Waals surface area (Å²) in [5.41, 5.74) is 2.39. The first-order valence-electron chi connectivity index (χ1n) is 6.79. The van der Waals surface area contributed by atoms with Gasteiger partial charge in [-0.3, -0.25) is 4.79 Å². The zero-order valence-corrected chi connectivity index (χ0v) is 17.1. The summed E-state index contributed by atoms with van der Waals surface area (Å²) in [7, 11) is 1.36. The van der Waals surface area contributed by atoms with Crippen LogP contribution < -0.4 is 5.56 Å². The van der Waals surface area contributed by atoms with Crippen LogP contribution in [-0.2, 0) is 23.0 Å². The van der Waals surface area contributed by atoms with Gasteiger partial charge in [0.05, 0.1) is 17.1 Å². The monoisotopic (exact) mass is 505 g/mol. The number of benzene rings is 1. The summed E-state index contributed by atoms with van der Waals surface area (Å²) in [6, 6.07) is 8.97. The molecule has 2 rings (SSSR count). The molecule has 0 aliphatic heterocycles. The fraction of sp³-hybridized carbons (Fsp3) is 0.250. The Kier molecular flexibility index (Phi) is 6.61. The molecule has 0 bridgehead atoms. The standard InChI is InChI=1S/C16H14Br3NO3/c1-23-16(22)11-4-2-10(3-5-11)6-7-20-14(9-17)12(18)8-13(19)15(20)21/h2-5,8H,6-7,9H2,1H3. The van der Waals surface area contributed by atoms with Gasteiger partial charge in [0, 0.05) is 22.0 Å². The average molecular weight is 508 g/mol. The van der Waals surface area contributed by atoms with E-state index in [4.69, 9.17) is 0 Å². The van der Waals surface area contributed by atoms with Gasteiger partial charge < -0.3 is 9.30 Å². The molecule has 0 spiro atoms. The molecule has 23 heavy (non-hydrogen) atoms. The molecule has 4 nitrogen and oxygen atoms in total. The van der Waals surface area contributed by atoms with Crippen molar-refractivity contribution in [3.8, 4) is 0 Å². The fourth-order valence-electron chi connectivity index (χ4n) is 2.18.